The average Bonchev–Trinajstić information content (AvgIpc) is 2.95. The average molecular weight is 427 g/mol. The Bertz CT molecular complexity index is 968. The van der Waals surface area contributed by atoms with Crippen molar-refractivity contribution in [2.24, 2.45) is 11.7 Å². The molecule has 1 aliphatic carbocycles. The standard InChI is InChI=1S/C19H21F4N5O2/c1-9-14(10(2)16(20)21)27-28(8-11-6-19(22,23)7-11)15(9)18(30)26-12-3-4-25-13(5-12)17(24)29/h3-5,10-11,16H,6-8H2,1-2H3,(H2,24,29)(H,25,26,30). The highest BCUT2D eigenvalue weighted by Gasteiger charge is 2.45. The van der Waals surface area contributed by atoms with Gasteiger partial charge in [0.2, 0.25) is 12.3 Å². The van der Waals surface area contributed by atoms with Gasteiger partial charge in [-0.25, -0.2) is 17.6 Å². The normalized spacial score (nSPS) is 16.9. The van der Waals surface area contributed by atoms with E-state index in [2.05, 4.69) is 15.4 Å². The zero-order valence-electron chi connectivity index (χ0n) is 16.3. The van der Waals surface area contributed by atoms with Crippen molar-refractivity contribution in [2.75, 3.05) is 5.32 Å². The van der Waals surface area contributed by atoms with Gasteiger partial charge < -0.3 is 11.1 Å². The minimum Gasteiger partial charge on any atom is -0.364 e. The molecule has 1 saturated carbocycles. The van der Waals surface area contributed by atoms with Gasteiger partial charge in [0.1, 0.15) is 11.4 Å². The lowest BCUT2D eigenvalue weighted by molar-refractivity contribution is -0.114. The first kappa shape index (κ1) is 21.7. The van der Waals surface area contributed by atoms with Crippen molar-refractivity contribution in [2.45, 2.75) is 51.5 Å². The molecule has 2 heterocycles. The van der Waals surface area contributed by atoms with Crippen molar-refractivity contribution in [1.29, 1.82) is 0 Å². The Morgan fingerprint density at radius 2 is 2.03 bits per heavy atom. The smallest absolute Gasteiger partial charge is 0.274 e. The van der Waals surface area contributed by atoms with Gasteiger partial charge in [-0.1, -0.05) is 6.92 Å². The van der Waals surface area contributed by atoms with E-state index in [0.717, 1.165) is 0 Å². The van der Waals surface area contributed by atoms with E-state index in [-0.39, 0.29) is 47.7 Å². The second-order valence-corrected chi connectivity index (χ2v) is 7.54. The SMILES string of the molecule is Cc1c(C(C)C(F)F)nn(CC2CC(F)(F)C2)c1C(=O)Nc1ccnc(C(N)=O)c1. The highest BCUT2D eigenvalue weighted by molar-refractivity contribution is 6.04. The van der Waals surface area contributed by atoms with Crippen LogP contribution in [0.25, 0.3) is 0 Å². The first-order chi connectivity index (χ1) is 14.0. The summed E-state index contributed by atoms with van der Waals surface area (Å²) in [6, 6.07) is 2.70. The Kier molecular flexibility index (Phi) is 5.82. The minimum absolute atomic E-state index is 0.00477. The summed E-state index contributed by atoms with van der Waals surface area (Å²) >= 11 is 0. The molecule has 1 fully saturated rings. The van der Waals surface area contributed by atoms with Crippen LogP contribution in [-0.4, -0.2) is 38.9 Å². The molecule has 0 saturated heterocycles. The molecule has 3 rings (SSSR count). The molecule has 0 aromatic carbocycles. The summed E-state index contributed by atoms with van der Waals surface area (Å²) in [7, 11) is 0. The third-order valence-corrected chi connectivity index (χ3v) is 5.13. The minimum atomic E-state index is -2.75. The maximum Gasteiger partial charge on any atom is 0.274 e. The molecule has 30 heavy (non-hydrogen) atoms. The molecule has 1 atom stereocenters. The molecule has 3 N–H and O–H groups in total. The maximum atomic E-state index is 13.2. The summed E-state index contributed by atoms with van der Waals surface area (Å²) in [6.45, 7) is 2.78. The van der Waals surface area contributed by atoms with Crippen molar-refractivity contribution < 1.29 is 27.2 Å². The van der Waals surface area contributed by atoms with Crippen molar-refractivity contribution in [3.63, 3.8) is 0 Å². The molecule has 0 spiro atoms. The topological polar surface area (TPSA) is 103 Å². The predicted molar refractivity (Wildman–Crippen MR) is 99.8 cm³/mol. The van der Waals surface area contributed by atoms with Gasteiger partial charge >= 0.3 is 0 Å². The first-order valence-corrected chi connectivity index (χ1v) is 9.29. The highest BCUT2D eigenvalue weighted by Crippen LogP contribution is 2.43. The molecule has 2 aromatic heterocycles. The third-order valence-electron chi connectivity index (χ3n) is 5.13. The van der Waals surface area contributed by atoms with Gasteiger partial charge in [0.15, 0.2) is 0 Å². The van der Waals surface area contributed by atoms with Crippen molar-refractivity contribution in [3.05, 3.63) is 41.0 Å². The van der Waals surface area contributed by atoms with Crippen LogP contribution >= 0.6 is 0 Å². The number of aromatic nitrogens is 3. The number of primary amides is 1. The Balaban J connectivity index is 1.91. The Labute approximate surface area is 169 Å². The van der Waals surface area contributed by atoms with Crippen molar-refractivity contribution in [1.82, 2.24) is 14.8 Å². The van der Waals surface area contributed by atoms with Gasteiger partial charge in [0, 0.05) is 36.8 Å². The molecule has 1 unspecified atom stereocenters. The van der Waals surface area contributed by atoms with Crippen LogP contribution in [0.4, 0.5) is 23.2 Å². The van der Waals surface area contributed by atoms with E-state index < -0.39 is 36.0 Å². The number of carbonyl (C=O) groups excluding carboxylic acids is 2. The molecule has 7 nitrogen and oxygen atoms in total. The Hall–Kier alpha value is -2.98. The van der Waals surface area contributed by atoms with E-state index in [9.17, 15) is 27.2 Å². The van der Waals surface area contributed by atoms with Crippen LogP contribution in [0.3, 0.4) is 0 Å². The van der Waals surface area contributed by atoms with E-state index in [1.165, 1.54) is 36.9 Å². The highest BCUT2D eigenvalue weighted by atomic mass is 19.3. The summed E-state index contributed by atoms with van der Waals surface area (Å²) in [4.78, 5) is 28.0. The molecule has 2 aromatic rings. The van der Waals surface area contributed by atoms with Crippen LogP contribution in [0, 0.1) is 12.8 Å². The number of nitrogens with two attached hydrogens (primary N) is 1. The van der Waals surface area contributed by atoms with Gasteiger partial charge in [0.05, 0.1) is 11.6 Å². The molecule has 162 valence electrons. The molecule has 11 heteroatoms. The number of hydrogen-bond donors (Lipinski definition) is 2. The second-order valence-electron chi connectivity index (χ2n) is 7.54. The number of halogens is 4. The molecular weight excluding hydrogens is 406 g/mol. The number of anilines is 1. The monoisotopic (exact) mass is 427 g/mol. The number of rotatable bonds is 7. The Morgan fingerprint density at radius 3 is 2.60 bits per heavy atom. The van der Waals surface area contributed by atoms with E-state index in [0.29, 0.717) is 0 Å². The molecule has 0 radical (unpaired) electrons. The second kappa shape index (κ2) is 8.04. The van der Waals surface area contributed by atoms with Gasteiger partial charge in [-0.2, -0.15) is 5.10 Å². The van der Waals surface area contributed by atoms with Crippen LogP contribution in [0.15, 0.2) is 18.3 Å². The lowest BCUT2D eigenvalue weighted by Crippen LogP contribution is -2.38. The predicted octanol–water partition coefficient (Wildman–Crippen LogP) is 3.35. The van der Waals surface area contributed by atoms with Gasteiger partial charge in [-0.05, 0) is 25.0 Å². The summed E-state index contributed by atoms with van der Waals surface area (Å²) < 4.78 is 54.1. The van der Waals surface area contributed by atoms with Gasteiger partial charge in [-0.3, -0.25) is 19.3 Å². The number of nitrogens with one attached hydrogen (secondary N) is 1. The maximum absolute atomic E-state index is 13.2. The fraction of sp³-hybridized carbons (Fsp3) is 0.474. The fourth-order valence-corrected chi connectivity index (χ4v) is 3.53. The third kappa shape index (κ3) is 4.44. The fourth-order valence-electron chi connectivity index (χ4n) is 3.53. The first-order valence-electron chi connectivity index (χ1n) is 9.29. The lowest BCUT2D eigenvalue weighted by Gasteiger charge is -2.35. The van der Waals surface area contributed by atoms with E-state index in [1.807, 2.05) is 0 Å². The zero-order valence-corrected chi connectivity index (χ0v) is 16.3. The summed E-state index contributed by atoms with van der Waals surface area (Å²) in [5.74, 6) is -5.85. The van der Waals surface area contributed by atoms with Crippen LogP contribution in [0.2, 0.25) is 0 Å². The quantitative estimate of drug-likeness (QED) is 0.662. The van der Waals surface area contributed by atoms with Crippen molar-refractivity contribution >= 4 is 17.5 Å². The molecular formula is C19H21F4N5O2. The molecule has 0 aliphatic heterocycles. The van der Waals surface area contributed by atoms with Gasteiger partial charge in [-0.15, -0.1) is 0 Å². The molecule has 0 bridgehead atoms. The van der Waals surface area contributed by atoms with E-state index in [1.54, 1.807) is 0 Å². The Morgan fingerprint density at radius 1 is 1.37 bits per heavy atom. The number of nitrogens with zero attached hydrogens (tertiary/aromatic N) is 3. The van der Waals surface area contributed by atoms with Gasteiger partial charge in [0.25, 0.3) is 11.8 Å². The number of pyridine rings is 1. The number of amides is 2. The van der Waals surface area contributed by atoms with Crippen LogP contribution in [0.5, 0.6) is 0 Å². The molecule has 2 amide bonds. The van der Waals surface area contributed by atoms with Crippen LogP contribution in [-0.2, 0) is 6.54 Å². The number of carbonyl (C=O) groups is 2. The lowest BCUT2D eigenvalue weighted by atomic mass is 9.81. The van der Waals surface area contributed by atoms with Crippen molar-refractivity contribution in [3.8, 4) is 0 Å². The summed E-state index contributed by atoms with van der Waals surface area (Å²) in [6.07, 6.45) is -2.12. The number of alkyl halides is 4. The van der Waals surface area contributed by atoms with E-state index in [4.69, 9.17) is 5.73 Å². The number of hydrogen-bond acceptors (Lipinski definition) is 4. The van der Waals surface area contributed by atoms with Crippen LogP contribution in [0.1, 0.15) is 57.9 Å². The summed E-state index contributed by atoms with van der Waals surface area (Å²) in [5, 5.41) is 6.71. The largest absolute Gasteiger partial charge is 0.364 e. The zero-order chi connectivity index (χ0) is 22.2. The van der Waals surface area contributed by atoms with Crippen LogP contribution < -0.4 is 11.1 Å². The summed E-state index contributed by atoms with van der Waals surface area (Å²) in [5.41, 5.74) is 5.61. The van der Waals surface area contributed by atoms with E-state index >= 15 is 0 Å². The molecule has 1 aliphatic rings.